The van der Waals surface area contributed by atoms with Crippen molar-refractivity contribution in [1.82, 2.24) is 4.90 Å². The van der Waals surface area contributed by atoms with Crippen LogP contribution in [0.4, 0.5) is 16.2 Å². The number of amides is 4. The number of nitrogens with zero attached hydrogens (tertiary/aromatic N) is 2. The van der Waals surface area contributed by atoms with E-state index in [4.69, 9.17) is 0 Å². The molecule has 1 heterocycles. The number of anilines is 2. The summed E-state index contributed by atoms with van der Waals surface area (Å²) in [6.07, 6.45) is 3.43. The molecule has 29 heavy (non-hydrogen) atoms. The zero-order valence-electron chi connectivity index (χ0n) is 16.5. The van der Waals surface area contributed by atoms with E-state index in [1.54, 1.807) is 29.2 Å². The molecule has 1 saturated carbocycles. The lowest BCUT2D eigenvalue weighted by Crippen LogP contribution is -2.64. The van der Waals surface area contributed by atoms with Crippen molar-refractivity contribution in [3.05, 3.63) is 60.2 Å². The Hall–Kier alpha value is -3.15. The number of fused-ring (bicyclic) bond motifs is 1. The van der Waals surface area contributed by atoms with Crippen LogP contribution in [0.5, 0.6) is 0 Å². The highest BCUT2D eigenvalue weighted by molar-refractivity contribution is 6.17. The first kappa shape index (κ1) is 19.2. The van der Waals surface area contributed by atoms with Crippen LogP contribution in [0.25, 0.3) is 0 Å². The van der Waals surface area contributed by atoms with Gasteiger partial charge in [-0.15, -0.1) is 0 Å². The van der Waals surface area contributed by atoms with Crippen molar-refractivity contribution in [2.24, 2.45) is 5.92 Å². The molecule has 4 amide bonds. The zero-order chi connectivity index (χ0) is 20.4. The highest BCUT2D eigenvalue weighted by atomic mass is 16.2. The van der Waals surface area contributed by atoms with Gasteiger partial charge in [0.15, 0.2) is 0 Å². The normalized spacial score (nSPS) is 21.7. The molecule has 2 aromatic rings. The van der Waals surface area contributed by atoms with Crippen LogP contribution < -0.4 is 10.2 Å². The Kier molecular flexibility index (Phi) is 5.34. The molecule has 150 valence electrons. The number of urea groups is 1. The Morgan fingerprint density at radius 1 is 1.00 bits per heavy atom. The molecule has 0 aromatic heterocycles. The van der Waals surface area contributed by atoms with Gasteiger partial charge in [0.2, 0.25) is 11.8 Å². The summed E-state index contributed by atoms with van der Waals surface area (Å²) < 4.78 is 0. The Balaban J connectivity index is 1.57. The van der Waals surface area contributed by atoms with Gasteiger partial charge >= 0.3 is 6.03 Å². The van der Waals surface area contributed by atoms with Gasteiger partial charge in [-0.3, -0.25) is 9.59 Å². The minimum Gasteiger partial charge on any atom is -0.325 e. The first-order valence-corrected chi connectivity index (χ1v) is 10.1. The molecule has 0 spiro atoms. The van der Waals surface area contributed by atoms with Crippen LogP contribution in [-0.2, 0) is 9.59 Å². The molecular formula is C23H25N3O3. The number of rotatable bonds is 4. The molecule has 6 heteroatoms. The van der Waals surface area contributed by atoms with E-state index in [9.17, 15) is 14.4 Å². The molecule has 2 aromatic carbocycles. The van der Waals surface area contributed by atoms with Crippen molar-refractivity contribution in [2.75, 3.05) is 16.8 Å². The molecule has 1 N–H and O–H groups in total. The summed E-state index contributed by atoms with van der Waals surface area (Å²) >= 11 is 0. The summed E-state index contributed by atoms with van der Waals surface area (Å²) in [6.45, 7) is 1.92. The number of benzene rings is 2. The first-order valence-electron chi connectivity index (χ1n) is 10.1. The van der Waals surface area contributed by atoms with E-state index in [1.165, 1.54) is 4.90 Å². The van der Waals surface area contributed by atoms with Crippen LogP contribution in [0.2, 0.25) is 0 Å². The van der Waals surface area contributed by atoms with Gasteiger partial charge in [-0.25, -0.2) is 9.69 Å². The molecule has 0 radical (unpaired) electrons. The van der Waals surface area contributed by atoms with Crippen LogP contribution in [0, 0.1) is 12.8 Å². The van der Waals surface area contributed by atoms with Gasteiger partial charge in [0, 0.05) is 11.7 Å². The van der Waals surface area contributed by atoms with Crippen LogP contribution in [0.1, 0.15) is 31.2 Å². The number of hydrogen-bond acceptors (Lipinski definition) is 3. The standard InChI is InChI=1S/C23H25N3O3/c1-16-11-13-17(14-12-16)24-21(27)15-25-20-10-6-5-9-19(20)22(28)26(23(25)29)18-7-3-2-4-8-18/h2-4,7-8,11-14,19-20H,5-6,9-10,15H2,1H3,(H,24,27). The van der Waals surface area contributed by atoms with Crippen LogP contribution in [-0.4, -0.2) is 35.3 Å². The maximum atomic E-state index is 13.3. The average molecular weight is 391 g/mol. The van der Waals surface area contributed by atoms with E-state index in [1.807, 2.05) is 37.3 Å². The van der Waals surface area contributed by atoms with Crippen molar-refractivity contribution in [3.8, 4) is 0 Å². The zero-order valence-corrected chi connectivity index (χ0v) is 16.5. The van der Waals surface area contributed by atoms with Gasteiger partial charge in [0.1, 0.15) is 6.54 Å². The predicted molar refractivity (Wildman–Crippen MR) is 112 cm³/mol. The van der Waals surface area contributed by atoms with Gasteiger partial charge in [-0.2, -0.15) is 0 Å². The minimum absolute atomic E-state index is 0.0650. The van der Waals surface area contributed by atoms with E-state index < -0.39 is 6.03 Å². The summed E-state index contributed by atoms with van der Waals surface area (Å²) in [5.74, 6) is -0.663. The van der Waals surface area contributed by atoms with E-state index in [0.717, 1.165) is 31.2 Å². The summed E-state index contributed by atoms with van der Waals surface area (Å²) in [5.41, 5.74) is 2.35. The number of carbonyl (C=O) groups excluding carboxylic acids is 3. The third-order valence-corrected chi connectivity index (χ3v) is 5.77. The fourth-order valence-corrected chi connectivity index (χ4v) is 4.29. The quantitative estimate of drug-likeness (QED) is 0.858. The maximum absolute atomic E-state index is 13.3. The smallest absolute Gasteiger partial charge is 0.325 e. The first-order chi connectivity index (χ1) is 14.0. The van der Waals surface area contributed by atoms with E-state index in [2.05, 4.69) is 5.32 Å². The highest BCUT2D eigenvalue weighted by Gasteiger charge is 2.47. The molecule has 2 unspecified atom stereocenters. The van der Waals surface area contributed by atoms with Crippen molar-refractivity contribution < 1.29 is 14.4 Å². The molecule has 0 bridgehead atoms. The molecule has 4 rings (SSSR count). The molecular weight excluding hydrogens is 366 g/mol. The Labute approximate surface area is 170 Å². The summed E-state index contributed by atoms with van der Waals surface area (Å²) in [6, 6.07) is 15.9. The summed E-state index contributed by atoms with van der Waals surface area (Å²) in [7, 11) is 0. The monoisotopic (exact) mass is 391 g/mol. The number of para-hydroxylation sites is 1. The van der Waals surface area contributed by atoms with E-state index in [0.29, 0.717) is 11.4 Å². The van der Waals surface area contributed by atoms with Gasteiger partial charge < -0.3 is 10.2 Å². The predicted octanol–water partition coefficient (Wildman–Crippen LogP) is 3.96. The molecule has 2 fully saturated rings. The minimum atomic E-state index is -0.414. The highest BCUT2D eigenvalue weighted by Crippen LogP contribution is 2.36. The Bertz CT molecular complexity index is 911. The second kappa shape index (κ2) is 8.07. The topological polar surface area (TPSA) is 69.7 Å². The van der Waals surface area contributed by atoms with Gasteiger partial charge in [0.05, 0.1) is 11.6 Å². The third kappa shape index (κ3) is 3.88. The van der Waals surface area contributed by atoms with E-state index in [-0.39, 0.29) is 30.3 Å². The second-order valence-corrected chi connectivity index (χ2v) is 7.79. The van der Waals surface area contributed by atoms with Crippen molar-refractivity contribution >= 4 is 29.2 Å². The SMILES string of the molecule is Cc1ccc(NC(=O)CN2C(=O)N(c3ccccc3)C(=O)C3CCCCC32)cc1. The fourth-order valence-electron chi connectivity index (χ4n) is 4.29. The largest absolute Gasteiger partial charge is 0.332 e. The maximum Gasteiger partial charge on any atom is 0.332 e. The number of imide groups is 1. The van der Waals surface area contributed by atoms with Crippen LogP contribution in [0.15, 0.2) is 54.6 Å². The van der Waals surface area contributed by atoms with Crippen LogP contribution in [0.3, 0.4) is 0 Å². The Morgan fingerprint density at radius 2 is 1.69 bits per heavy atom. The van der Waals surface area contributed by atoms with Crippen molar-refractivity contribution in [1.29, 1.82) is 0 Å². The average Bonchev–Trinajstić information content (AvgIpc) is 2.74. The van der Waals surface area contributed by atoms with Gasteiger partial charge in [-0.1, -0.05) is 48.7 Å². The fraction of sp³-hybridized carbons (Fsp3) is 0.348. The van der Waals surface area contributed by atoms with Crippen LogP contribution >= 0.6 is 0 Å². The molecule has 2 aliphatic rings. The molecule has 1 aliphatic carbocycles. The molecule has 1 saturated heterocycles. The summed E-state index contributed by atoms with van der Waals surface area (Å²) in [5, 5.41) is 2.86. The lowest BCUT2D eigenvalue weighted by atomic mass is 9.81. The number of aryl methyl sites for hydroxylation is 1. The van der Waals surface area contributed by atoms with E-state index >= 15 is 0 Å². The summed E-state index contributed by atoms with van der Waals surface area (Å²) in [4.78, 5) is 41.9. The van der Waals surface area contributed by atoms with Gasteiger partial charge in [-0.05, 0) is 44.0 Å². The molecule has 1 aliphatic heterocycles. The number of nitrogens with one attached hydrogen (secondary N) is 1. The lowest BCUT2D eigenvalue weighted by molar-refractivity contribution is -0.128. The van der Waals surface area contributed by atoms with Gasteiger partial charge in [0.25, 0.3) is 0 Å². The number of hydrogen-bond donors (Lipinski definition) is 1. The molecule has 2 atom stereocenters. The third-order valence-electron chi connectivity index (χ3n) is 5.77. The van der Waals surface area contributed by atoms with Crippen molar-refractivity contribution in [2.45, 2.75) is 38.6 Å². The van der Waals surface area contributed by atoms with Crippen molar-refractivity contribution in [3.63, 3.8) is 0 Å². The second-order valence-electron chi connectivity index (χ2n) is 7.79. The lowest BCUT2D eigenvalue weighted by Gasteiger charge is -2.46. The molecule has 6 nitrogen and oxygen atoms in total. The Morgan fingerprint density at radius 3 is 2.41 bits per heavy atom. The number of carbonyl (C=O) groups is 3.